The van der Waals surface area contributed by atoms with E-state index >= 15 is 0 Å². The molecule has 3 unspecified atom stereocenters. The van der Waals surface area contributed by atoms with Gasteiger partial charge in [-0.05, 0) is 63.3 Å². The molecule has 6 nitrogen and oxygen atoms in total. The number of rotatable bonds is 5. The molecule has 0 aromatic heterocycles. The molecule has 29 heavy (non-hydrogen) atoms. The maximum absolute atomic E-state index is 12.4. The van der Waals surface area contributed by atoms with Gasteiger partial charge in [0.05, 0.1) is 17.7 Å². The number of amides is 1. The summed E-state index contributed by atoms with van der Waals surface area (Å²) in [6.07, 6.45) is 0.530. The summed E-state index contributed by atoms with van der Waals surface area (Å²) in [7, 11) is 0. The summed E-state index contributed by atoms with van der Waals surface area (Å²) in [5, 5.41) is 19.4. The van der Waals surface area contributed by atoms with E-state index in [1.807, 2.05) is 37.8 Å². The van der Waals surface area contributed by atoms with Crippen LogP contribution in [0.2, 0.25) is 0 Å². The lowest BCUT2D eigenvalue weighted by Crippen LogP contribution is -2.55. The van der Waals surface area contributed by atoms with Gasteiger partial charge >= 0.3 is 6.09 Å². The zero-order chi connectivity index (χ0) is 21.0. The van der Waals surface area contributed by atoms with E-state index in [0.29, 0.717) is 29.7 Å². The molecule has 1 aromatic rings. The second-order valence-electron chi connectivity index (χ2n) is 9.17. The van der Waals surface area contributed by atoms with Crippen LogP contribution in [0.5, 0.6) is 0 Å². The molecule has 158 valence electrons. The van der Waals surface area contributed by atoms with Crippen LogP contribution in [-0.4, -0.2) is 71.2 Å². The number of benzene rings is 1. The first-order valence-corrected chi connectivity index (χ1v) is 11.2. The number of thioether (sulfide) groups is 1. The number of β-amino-alcohol motifs (C(OH)–C–C–N with tert-alkyl or cyclic N) is 1. The predicted octanol–water partition coefficient (Wildman–Crippen LogP) is 3.20. The standard InChI is InChI=1S/C22H31N3O3S/c1-22(2,3)28-21(27)25-12-17-8-18(13-25)11-24(10-17)14-19(26)15-29-20-6-4-16(9-23)5-7-20/h4-7,17-19,26H,8,10-15H2,1-3H3. The SMILES string of the molecule is CC(C)(C)OC(=O)N1CC2CC(CN(CC(O)CSc3ccc(C#N)cc3)C2)C1. The second kappa shape index (κ2) is 9.38. The Labute approximate surface area is 177 Å². The highest BCUT2D eigenvalue weighted by Crippen LogP contribution is 2.30. The van der Waals surface area contributed by atoms with Gasteiger partial charge in [0.25, 0.3) is 0 Å². The highest BCUT2D eigenvalue weighted by molar-refractivity contribution is 7.99. The Hall–Kier alpha value is -1.75. The minimum Gasteiger partial charge on any atom is -0.444 e. The van der Waals surface area contributed by atoms with Crippen LogP contribution in [0.4, 0.5) is 4.79 Å². The summed E-state index contributed by atoms with van der Waals surface area (Å²) >= 11 is 1.61. The Balaban J connectivity index is 1.44. The summed E-state index contributed by atoms with van der Waals surface area (Å²) in [6, 6.07) is 9.57. The molecule has 0 aliphatic carbocycles. The van der Waals surface area contributed by atoms with Gasteiger partial charge in [-0.15, -0.1) is 11.8 Å². The van der Waals surface area contributed by atoms with Crippen molar-refractivity contribution in [2.75, 3.05) is 38.5 Å². The Morgan fingerprint density at radius 1 is 1.24 bits per heavy atom. The summed E-state index contributed by atoms with van der Waals surface area (Å²) in [5.41, 5.74) is 0.182. The van der Waals surface area contributed by atoms with Crippen LogP contribution in [0.15, 0.2) is 29.2 Å². The van der Waals surface area contributed by atoms with Gasteiger partial charge in [-0.2, -0.15) is 5.26 Å². The van der Waals surface area contributed by atoms with Crippen LogP contribution in [-0.2, 0) is 4.74 Å². The van der Waals surface area contributed by atoms with Crippen LogP contribution < -0.4 is 0 Å². The van der Waals surface area contributed by atoms with Gasteiger partial charge in [-0.25, -0.2) is 4.79 Å². The number of hydrogen-bond acceptors (Lipinski definition) is 6. The van der Waals surface area contributed by atoms with E-state index in [2.05, 4.69) is 11.0 Å². The van der Waals surface area contributed by atoms with Crippen LogP contribution in [0.3, 0.4) is 0 Å². The van der Waals surface area contributed by atoms with E-state index in [0.717, 1.165) is 37.5 Å². The molecular weight excluding hydrogens is 386 g/mol. The smallest absolute Gasteiger partial charge is 0.410 e. The number of fused-ring (bicyclic) bond motifs is 2. The largest absolute Gasteiger partial charge is 0.444 e. The van der Waals surface area contributed by atoms with Gasteiger partial charge in [-0.3, -0.25) is 0 Å². The number of nitriles is 1. The maximum Gasteiger partial charge on any atom is 0.410 e. The predicted molar refractivity (Wildman–Crippen MR) is 114 cm³/mol. The van der Waals surface area contributed by atoms with Crippen molar-refractivity contribution in [3.05, 3.63) is 29.8 Å². The first-order chi connectivity index (χ1) is 13.7. The summed E-state index contributed by atoms with van der Waals surface area (Å²) in [6.45, 7) is 9.64. The highest BCUT2D eigenvalue weighted by Gasteiger charge is 2.37. The molecule has 3 rings (SSSR count). The van der Waals surface area contributed by atoms with E-state index in [4.69, 9.17) is 10.00 Å². The number of hydrogen-bond donors (Lipinski definition) is 1. The summed E-state index contributed by atoms with van der Waals surface area (Å²) < 4.78 is 5.54. The van der Waals surface area contributed by atoms with Gasteiger partial charge in [0.2, 0.25) is 0 Å². The van der Waals surface area contributed by atoms with Crippen LogP contribution in [0.25, 0.3) is 0 Å². The summed E-state index contributed by atoms with van der Waals surface area (Å²) in [5.74, 6) is 1.50. The lowest BCUT2D eigenvalue weighted by Gasteiger charge is -2.46. The molecule has 1 N–H and O–H groups in total. The zero-order valence-corrected chi connectivity index (χ0v) is 18.3. The topological polar surface area (TPSA) is 76.8 Å². The van der Waals surface area contributed by atoms with Crippen molar-refractivity contribution in [2.45, 2.75) is 43.8 Å². The summed E-state index contributed by atoms with van der Waals surface area (Å²) in [4.78, 5) is 17.7. The molecule has 2 bridgehead atoms. The van der Waals surface area contributed by atoms with Crippen molar-refractivity contribution in [3.8, 4) is 6.07 Å². The Bertz CT molecular complexity index is 727. The number of likely N-dealkylation sites (tertiary alicyclic amines) is 2. The van der Waals surface area contributed by atoms with Crippen LogP contribution in [0.1, 0.15) is 32.8 Å². The molecule has 1 aromatic carbocycles. The molecule has 0 radical (unpaired) electrons. The second-order valence-corrected chi connectivity index (χ2v) is 10.3. The molecule has 0 saturated carbocycles. The molecule has 2 heterocycles. The Kier molecular flexibility index (Phi) is 7.10. The fraction of sp³-hybridized carbons (Fsp3) is 0.636. The lowest BCUT2D eigenvalue weighted by molar-refractivity contribution is -0.0152. The molecule has 2 fully saturated rings. The number of piperidine rings is 2. The van der Waals surface area contributed by atoms with Crippen LogP contribution in [0, 0.1) is 23.2 Å². The molecule has 0 spiro atoms. The third-order valence-corrected chi connectivity index (χ3v) is 6.36. The van der Waals surface area contributed by atoms with Crippen molar-refractivity contribution >= 4 is 17.9 Å². The minimum atomic E-state index is -0.466. The van der Waals surface area contributed by atoms with Crippen molar-refractivity contribution in [1.82, 2.24) is 9.80 Å². The monoisotopic (exact) mass is 417 g/mol. The first kappa shape index (κ1) is 21.9. The zero-order valence-electron chi connectivity index (χ0n) is 17.5. The van der Waals surface area contributed by atoms with Crippen molar-refractivity contribution in [1.29, 1.82) is 5.26 Å². The number of aliphatic hydroxyl groups is 1. The van der Waals surface area contributed by atoms with Gasteiger partial charge < -0.3 is 19.6 Å². The Morgan fingerprint density at radius 3 is 2.41 bits per heavy atom. The number of aliphatic hydroxyl groups excluding tert-OH is 1. The van der Waals surface area contributed by atoms with E-state index in [9.17, 15) is 9.90 Å². The minimum absolute atomic E-state index is 0.209. The van der Waals surface area contributed by atoms with E-state index in [-0.39, 0.29) is 6.09 Å². The number of carbonyl (C=O) groups is 1. The van der Waals surface area contributed by atoms with E-state index in [1.54, 1.807) is 23.9 Å². The lowest BCUT2D eigenvalue weighted by atomic mass is 9.84. The van der Waals surface area contributed by atoms with Crippen molar-refractivity contribution in [2.24, 2.45) is 11.8 Å². The Morgan fingerprint density at radius 2 is 1.86 bits per heavy atom. The molecule has 3 atom stereocenters. The van der Waals surface area contributed by atoms with E-state index in [1.165, 1.54) is 0 Å². The maximum atomic E-state index is 12.4. The molecule has 2 saturated heterocycles. The fourth-order valence-electron chi connectivity index (χ4n) is 4.18. The molecule has 1 amide bonds. The van der Waals surface area contributed by atoms with Gasteiger partial charge in [0, 0.05) is 43.4 Å². The highest BCUT2D eigenvalue weighted by atomic mass is 32.2. The average Bonchev–Trinajstić information content (AvgIpc) is 2.64. The van der Waals surface area contributed by atoms with Crippen molar-refractivity contribution in [3.63, 3.8) is 0 Å². The number of carbonyl (C=O) groups excluding carboxylic acids is 1. The van der Waals surface area contributed by atoms with E-state index < -0.39 is 11.7 Å². The quantitative estimate of drug-likeness (QED) is 0.742. The van der Waals surface area contributed by atoms with Crippen LogP contribution >= 0.6 is 11.8 Å². The van der Waals surface area contributed by atoms with Gasteiger partial charge in [-0.1, -0.05) is 0 Å². The van der Waals surface area contributed by atoms with Gasteiger partial charge in [0.15, 0.2) is 0 Å². The average molecular weight is 418 g/mol. The molecule has 2 aliphatic heterocycles. The third kappa shape index (κ3) is 6.63. The molecule has 7 heteroatoms. The first-order valence-electron chi connectivity index (χ1n) is 10.2. The number of nitrogens with zero attached hydrogens (tertiary/aromatic N) is 3. The van der Waals surface area contributed by atoms with Crippen molar-refractivity contribution < 1.29 is 14.6 Å². The number of ether oxygens (including phenoxy) is 1. The third-order valence-electron chi connectivity index (χ3n) is 5.20. The molecule has 2 aliphatic rings. The normalized spacial score (nSPS) is 23.3. The molecular formula is C22H31N3O3S. The van der Waals surface area contributed by atoms with Gasteiger partial charge in [0.1, 0.15) is 5.60 Å². The fourth-order valence-corrected chi connectivity index (χ4v) is 5.00.